The Kier molecular flexibility index (Phi) is 6.07. The second-order valence-electron chi connectivity index (χ2n) is 5.93. The van der Waals surface area contributed by atoms with E-state index in [1.54, 1.807) is 7.11 Å². The number of methoxy groups -OCH3 is 1. The van der Waals surface area contributed by atoms with Crippen molar-refractivity contribution < 1.29 is 14.2 Å². The third kappa shape index (κ3) is 3.91. The van der Waals surface area contributed by atoms with Crippen LogP contribution in [0.4, 0.5) is 0 Å². The smallest absolute Gasteiger partial charge is 0.0991 e. The van der Waals surface area contributed by atoms with Crippen LogP contribution in [0.3, 0.4) is 0 Å². The van der Waals surface area contributed by atoms with E-state index in [9.17, 15) is 0 Å². The molecule has 1 N–H and O–H groups in total. The Bertz CT molecular complexity index is 262. The number of hydrogen-bond donors (Lipinski definition) is 1. The quantitative estimate of drug-likeness (QED) is 0.719. The van der Waals surface area contributed by atoms with E-state index in [-0.39, 0.29) is 12.2 Å². The monoisotopic (exact) mass is 271 g/mol. The van der Waals surface area contributed by atoms with Crippen LogP contribution in [0.25, 0.3) is 0 Å². The third-order valence-electron chi connectivity index (χ3n) is 4.60. The standard InChI is InChI=1S/C15H29NO3/c1-11-6-4-5-7-13(11)19-14-10-12(16-2)15(14)18-9-8-17-3/h11-16H,4-10H2,1-3H3. The van der Waals surface area contributed by atoms with Gasteiger partial charge < -0.3 is 19.5 Å². The Hall–Kier alpha value is -0.160. The van der Waals surface area contributed by atoms with E-state index < -0.39 is 0 Å². The molecule has 19 heavy (non-hydrogen) atoms. The molecule has 5 atom stereocenters. The highest BCUT2D eigenvalue weighted by molar-refractivity contribution is 4.97. The molecule has 0 aliphatic heterocycles. The molecule has 2 fully saturated rings. The molecule has 0 aromatic carbocycles. The van der Waals surface area contributed by atoms with E-state index in [4.69, 9.17) is 14.2 Å². The van der Waals surface area contributed by atoms with E-state index in [0.29, 0.717) is 31.3 Å². The van der Waals surface area contributed by atoms with Crippen LogP contribution in [0.15, 0.2) is 0 Å². The zero-order valence-corrected chi connectivity index (χ0v) is 12.6. The Morgan fingerprint density at radius 1 is 1.11 bits per heavy atom. The minimum absolute atomic E-state index is 0.189. The Labute approximate surface area is 117 Å². The second kappa shape index (κ2) is 7.58. The van der Waals surface area contributed by atoms with Crippen molar-refractivity contribution in [3.63, 3.8) is 0 Å². The molecule has 0 radical (unpaired) electrons. The van der Waals surface area contributed by atoms with Crippen LogP contribution < -0.4 is 5.32 Å². The molecule has 2 aliphatic carbocycles. The van der Waals surface area contributed by atoms with Crippen molar-refractivity contribution in [2.75, 3.05) is 27.4 Å². The maximum Gasteiger partial charge on any atom is 0.0991 e. The topological polar surface area (TPSA) is 39.7 Å². The first-order valence-electron chi connectivity index (χ1n) is 7.69. The minimum atomic E-state index is 0.189. The highest BCUT2D eigenvalue weighted by Crippen LogP contribution is 2.33. The third-order valence-corrected chi connectivity index (χ3v) is 4.60. The molecule has 0 spiro atoms. The van der Waals surface area contributed by atoms with Crippen molar-refractivity contribution in [2.24, 2.45) is 5.92 Å². The van der Waals surface area contributed by atoms with E-state index >= 15 is 0 Å². The minimum Gasteiger partial charge on any atom is -0.382 e. The van der Waals surface area contributed by atoms with Gasteiger partial charge in [-0.25, -0.2) is 0 Å². The van der Waals surface area contributed by atoms with Crippen molar-refractivity contribution >= 4 is 0 Å². The maximum absolute atomic E-state index is 6.31. The van der Waals surface area contributed by atoms with Crippen LogP contribution in [-0.2, 0) is 14.2 Å². The first-order valence-corrected chi connectivity index (χ1v) is 7.69. The normalized spacial score (nSPS) is 39.0. The van der Waals surface area contributed by atoms with Crippen LogP contribution >= 0.6 is 0 Å². The van der Waals surface area contributed by atoms with Crippen molar-refractivity contribution in [2.45, 2.75) is 63.4 Å². The molecular formula is C15H29NO3. The summed E-state index contributed by atoms with van der Waals surface area (Å²) in [6, 6.07) is 0.431. The van der Waals surface area contributed by atoms with Crippen LogP contribution in [0.5, 0.6) is 0 Å². The van der Waals surface area contributed by atoms with E-state index in [2.05, 4.69) is 12.2 Å². The summed E-state index contributed by atoms with van der Waals surface area (Å²) in [6.45, 7) is 3.62. The zero-order chi connectivity index (χ0) is 13.7. The van der Waals surface area contributed by atoms with Crippen molar-refractivity contribution in [3.8, 4) is 0 Å². The Morgan fingerprint density at radius 3 is 2.58 bits per heavy atom. The van der Waals surface area contributed by atoms with Gasteiger partial charge in [0.25, 0.3) is 0 Å². The van der Waals surface area contributed by atoms with Crippen LogP contribution in [0.1, 0.15) is 39.0 Å². The lowest BCUT2D eigenvalue weighted by Crippen LogP contribution is -2.60. The molecule has 0 heterocycles. The van der Waals surface area contributed by atoms with E-state index in [1.807, 2.05) is 7.05 Å². The Balaban J connectivity index is 1.78. The van der Waals surface area contributed by atoms with E-state index in [1.165, 1.54) is 25.7 Å². The van der Waals surface area contributed by atoms with Gasteiger partial charge in [-0.1, -0.05) is 19.8 Å². The van der Waals surface area contributed by atoms with Crippen LogP contribution in [-0.4, -0.2) is 51.7 Å². The van der Waals surface area contributed by atoms with Gasteiger partial charge in [0, 0.05) is 13.2 Å². The molecule has 0 bridgehead atoms. The average Bonchev–Trinajstić information content (AvgIpc) is 2.41. The molecule has 112 valence electrons. The Morgan fingerprint density at radius 2 is 1.89 bits per heavy atom. The highest BCUT2D eigenvalue weighted by Gasteiger charge is 2.43. The SMILES string of the molecule is CNC1CC(OC2CCCCC2C)C1OCCOC. The van der Waals surface area contributed by atoms with Crippen molar-refractivity contribution in [1.82, 2.24) is 5.32 Å². The van der Waals surface area contributed by atoms with Gasteiger partial charge in [0.2, 0.25) is 0 Å². The predicted octanol–water partition coefficient (Wildman–Crippen LogP) is 1.97. The number of likely N-dealkylation sites (N-methyl/N-ethyl adjacent to an activating group) is 1. The molecule has 4 heteroatoms. The average molecular weight is 271 g/mol. The number of nitrogens with one attached hydrogen (secondary N) is 1. The summed E-state index contributed by atoms with van der Waals surface area (Å²) in [5.74, 6) is 0.696. The van der Waals surface area contributed by atoms with Crippen molar-refractivity contribution in [3.05, 3.63) is 0 Å². The molecule has 0 saturated heterocycles. The molecule has 2 rings (SSSR count). The fraction of sp³-hybridized carbons (Fsp3) is 1.00. The first-order chi connectivity index (χ1) is 9.26. The summed E-state index contributed by atoms with van der Waals surface area (Å²) in [6.07, 6.45) is 7.15. The molecule has 2 aliphatic rings. The van der Waals surface area contributed by atoms with Gasteiger partial charge in [0.1, 0.15) is 0 Å². The summed E-state index contributed by atoms with van der Waals surface area (Å²) in [7, 11) is 3.70. The lowest BCUT2D eigenvalue weighted by atomic mass is 9.83. The van der Waals surface area contributed by atoms with Crippen LogP contribution in [0, 0.1) is 5.92 Å². The summed E-state index contributed by atoms with van der Waals surface area (Å²) in [4.78, 5) is 0. The molecule has 0 aromatic heterocycles. The van der Waals surface area contributed by atoms with Gasteiger partial charge in [0.05, 0.1) is 31.5 Å². The zero-order valence-electron chi connectivity index (χ0n) is 12.6. The molecular weight excluding hydrogens is 242 g/mol. The summed E-state index contributed by atoms with van der Waals surface area (Å²) in [5, 5.41) is 3.31. The second-order valence-corrected chi connectivity index (χ2v) is 5.93. The van der Waals surface area contributed by atoms with E-state index in [0.717, 1.165) is 6.42 Å². The molecule has 0 aromatic rings. The van der Waals surface area contributed by atoms with Gasteiger partial charge in [-0.3, -0.25) is 0 Å². The van der Waals surface area contributed by atoms with Gasteiger partial charge in [-0.15, -0.1) is 0 Å². The fourth-order valence-electron chi connectivity index (χ4n) is 3.20. The number of hydrogen-bond acceptors (Lipinski definition) is 4. The van der Waals surface area contributed by atoms with Gasteiger partial charge in [-0.05, 0) is 32.2 Å². The fourth-order valence-corrected chi connectivity index (χ4v) is 3.20. The van der Waals surface area contributed by atoms with Gasteiger partial charge in [0.15, 0.2) is 0 Å². The number of rotatable bonds is 7. The van der Waals surface area contributed by atoms with Gasteiger partial charge in [-0.2, -0.15) is 0 Å². The largest absolute Gasteiger partial charge is 0.382 e. The summed E-state index contributed by atoms with van der Waals surface area (Å²) < 4.78 is 17.3. The molecule has 0 amide bonds. The lowest BCUT2D eigenvalue weighted by molar-refractivity contribution is -0.182. The summed E-state index contributed by atoms with van der Waals surface area (Å²) >= 11 is 0. The van der Waals surface area contributed by atoms with Crippen LogP contribution in [0.2, 0.25) is 0 Å². The maximum atomic E-state index is 6.31. The van der Waals surface area contributed by atoms with Gasteiger partial charge >= 0.3 is 0 Å². The lowest BCUT2D eigenvalue weighted by Gasteiger charge is -2.46. The summed E-state index contributed by atoms with van der Waals surface area (Å²) in [5.41, 5.74) is 0. The first kappa shape index (κ1) is 15.2. The molecule has 5 unspecified atom stereocenters. The molecule has 2 saturated carbocycles. The van der Waals surface area contributed by atoms with Crippen molar-refractivity contribution in [1.29, 1.82) is 0 Å². The highest BCUT2D eigenvalue weighted by atomic mass is 16.6. The predicted molar refractivity (Wildman–Crippen MR) is 75.4 cm³/mol. The molecule has 4 nitrogen and oxygen atoms in total. The number of ether oxygens (including phenoxy) is 3.